The van der Waals surface area contributed by atoms with Crippen LogP contribution in [0, 0.1) is 11.8 Å². The van der Waals surface area contributed by atoms with Gasteiger partial charge in [-0.1, -0.05) is 18.9 Å². The molecule has 0 amide bonds. The van der Waals surface area contributed by atoms with Crippen molar-refractivity contribution in [3.8, 4) is 0 Å². The number of hydrogen-bond acceptors (Lipinski definition) is 3. The van der Waals surface area contributed by atoms with Crippen LogP contribution >= 0.6 is 0 Å². The van der Waals surface area contributed by atoms with Crippen molar-refractivity contribution in [2.24, 2.45) is 11.8 Å². The van der Waals surface area contributed by atoms with Gasteiger partial charge >= 0.3 is 0 Å². The molecule has 0 radical (unpaired) electrons. The molecular formula is C11H21NO3S. The molecule has 2 unspecified atom stereocenters. The van der Waals surface area contributed by atoms with Gasteiger partial charge in [0.05, 0.1) is 5.75 Å². The first-order chi connectivity index (χ1) is 7.59. The molecule has 16 heavy (non-hydrogen) atoms. The lowest BCUT2D eigenvalue weighted by Crippen LogP contribution is -2.36. The van der Waals surface area contributed by atoms with E-state index in [1.54, 1.807) is 0 Å². The smallest absolute Gasteiger partial charge is 0.215 e. The number of nitrogens with one attached hydrogen (secondary N) is 1. The second-order valence-electron chi connectivity index (χ2n) is 4.41. The average Bonchev–Trinajstić information content (AvgIpc) is 2.27. The van der Waals surface area contributed by atoms with E-state index < -0.39 is 10.0 Å². The first-order valence-electron chi connectivity index (χ1n) is 5.78. The molecule has 0 aliphatic heterocycles. The normalized spacial score (nSPS) is 26.6. The molecule has 0 aromatic rings. The third kappa shape index (κ3) is 4.23. The fourth-order valence-corrected chi connectivity index (χ4v) is 3.14. The number of hydrogen-bond donors (Lipinski definition) is 2. The lowest BCUT2D eigenvalue weighted by Gasteiger charge is -2.30. The largest absolute Gasteiger partial charge is 0.396 e. The third-order valence-electron chi connectivity index (χ3n) is 3.20. The number of aliphatic hydroxyl groups is 1. The predicted octanol–water partition coefficient (Wildman–Crippen LogP) is 0.890. The summed E-state index contributed by atoms with van der Waals surface area (Å²) in [6.07, 6.45) is 5.66. The van der Waals surface area contributed by atoms with Crippen molar-refractivity contribution in [2.75, 3.05) is 18.9 Å². The highest BCUT2D eigenvalue weighted by Gasteiger charge is 2.25. The molecule has 0 bridgehead atoms. The first kappa shape index (κ1) is 13.7. The zero-order chi connectivity index (χ0) is 12.0. The van der Waals surface area contributed by atoms with Gasteiger partial charge in [-0.25, -0.2) is 13.1 Å². The van der Waals surface area contributed by atoms with Gasteiger partial charge in [0.2, 0.25) is 10.0 Å². The van der Waals surface area contributed by atoms with Crippen LogP contribution in [0.4, 0.5) is 0 Å². The summed E-state index contributed by atoms with van der Waals surface area (Å²) >= 11 is 0. The minimum Gasteiger partial charge on any atom is -0.396 e. The summed E-state index contributed by atoms with van der Waals surface area (Å²) in [6, 6.07) is 0. The Labute approximate surface area is 97.8 Å². The molecule has 1 fully saturated rings. The van der Waals surface area contributed by atoms with Crippen molar-refractivity contribution in [3.63, 3.8) is 0 Å². The molecule has 1 aliphatic rings. The monoisotopic (exact) mass is 247 g/mol. The van der Waals surface area contributed by atoms with Gasteiger partial charge in [0.1, 0.15) is 0 Å². The van der Waals surface area contributed by atoms with Gasteiger partial charge in [-0.15, -0.1) is 6.58 Å². The molecule has 1 rings (SSSR count). The fraction of sp³-hybridized carbons (Fsp3) is 0.818. The highest BCUT2D eigenvalue weighted by Crippen LogP contribution is 2.29. The zero-order valence-corrected chi connectivity index (χ0v) is 10.4. The lowest BCUT2D eigenvalue weighted by atomic mass is 9.80. The summed E-state index contributed by atoms with van der Waals surface area (Å²) < 4.78 is 25.4. The Hall–Kier alpha value is -0.390. The second-order valence-corrected chi connectivity index (χ2v) is 6.26. The summed E-state index contributed by atoms with van der Waals surface area (Å²) in [7, 11) is -3.21. The number of sulfonamides is 1. The van der Waals surface area contributed by atoms with Crippen molar-refractivity contribution in [2.45, 2.75) is 25.7 Å². The number of rotatable bonds is 6. The van der Waals surface area contributed by atoms with Crippen molar-refractivity contribution in [1.82, 2.24) is 4.72 Å². The van der Waals surface area contributed by atoms with Gasteiger partial charge in [0.25, 0.3) is 0 Å². The Balaban J connectivity index is 2.43. The maximum atomic E-state index is 11.4. The highest BCUT2D eigenvalue weighted by atomic mass is 32.2. The lowest BCUT2D eigenvalue weighted by molar-refractivity contribution is 0.136. The molecule has 1 saturated carbocycles. The van der Waals surface area contributed by atoms with E-state index in [-0.39, 0.29) is 24.2 Å². The standard InChI is InChI=1S/C11H21NO3S/c1-2-7-16(14,15)12-8-10-5-3-4-6-11(10)9-13/h2,10-13H,1,3-9H2. The molecular weight excluding hydrogens is 226 g/mol. The molecule has 0 aromatic heterocycles. The van der Waals surface area contributed by atoms with Gasteiger partial charge in [0.15, 0.2) is 0 Å². The third-order valence-corrected chi connectivity index (χ3v) is 4.48. The van der Waals surface area contributed by atoms with E-state index in [9.17, 15) is 13.5 Å². The van der Waals surface area contributed by atoms with E-state index in [2.05, 4.69) is 11.3 Å². The molecule has 0 heterocycles. The molecule has 2 atom stereocenters. The Morgan fingerprint density at radius 2 is 1.94 bits per heavy atom. The van der Waals surface area contributed by atoms with Crippen LogP contribution in [0.25, 0.3) is 0 Å². The van der Waals surface area contributed by atoms with Crippen molar-refractivity contribution < 1.29 is 13.5 Å². The van der Waals surface area contributed by atoms with Gasteiger partial charge in [-0.05, 0) is 24.7 Å². The van der Waals surface area contributed by atoms with Gasteiger partial charge in [-0.2, -0.15) is 0 Å². The van der Waals surface area contributed by atoms with Crippen LogP contribution in [0.1, 0.15) is 25.7 Å². The average molecular weight is 247 g/mol. The van der Waals surface area contributed by atoms with E-state index in [1.807, 2.05) is 0 Å². The van der Waals surface area contributed by atoms with Crippen LogP contribution in [-0.4, -0.2) is 32.4 Å². The predicted molar refractivity (Wildman–Crippen MR) is 64.5 cm³/mol. The molecule has 94 valence electrons. The Bertz CT molecular complexity index is 313. The van der Waals surface area contributed by atoms with Gasteiger partial charge in [0, 0.05) is 13.2 Å². The molecule has 0 saturated heterocycles. The van der Waals surface area contributed by atoms with E-state index in [4.69, 9.17) is 0 Å². The second kappa shape index (κ2) is 6.37. The van der Waals surface area contributed by atoms with E-state index >= 15 is 0 Å². The minimum atomic E-state index is -3.21. The van der Waals surface area contributed by atoms with E-state index in [1.165, 1.54) is 6.08 Å². The molecule has 0 aromatic carbocycles. The SMILES string of the molecule is C=CCS(=O)(=O)NCC1CCCCC1CO. The van der Waals surface area contributed by atoms with Crippen LogP contribution < -0.4 is 4.72 Å². The van der Waals surface area contributed by atoms with Crippen LogP contribution in [0.15, 0.2) is 12.7 Å². The summed E-state index contributed by atoms with van der Waals surface area (Å²) in [5, 5.41) is 9.20. The van der Waals surface area contributed by atoms with Crippen molar-refractivity contribution in [1.29, 1.82) is 0 Å². The van der Waals surface area contributed by atoms with E-state index in [0.29, 0.717) is 6.54 Å². The van der Waals surface area contributed by atoms with Gasteiger partial charge < -0.3 is 5.11 Å². The maximum Gasteiger partial charge on any atom is 0.215 e. The summed E-state index contributed by atoms with van der Waals surface area (Å²) in [4.78, 5) is 0. The topological polar surface area (TPSA) is 66.4 Å². The summed E-state index contributed by atoms with van der Waals surface area (Å²) in [6.45, 7) is 4.02. The molecule has 0 spiro atoms. The van der Waals surface area contributed by atoms with Crippen LogP contribution in [0.2, 0.25) is 0 Å². The first-order valence-corrected chi connectivity index (χ1v) is 7.43. The maximum absolute atomic E-state index is 11.4. The summed E-state index contributed by atoms with van der Waals surface area (Å²) in [5.41, 5.74) is 0. The van der Waals surface area contributed by atoms with Crippen LogP contribution in [0.3, 0.4) is 0 Å². The minimum absolute atomic E-state index is 0.0382. The molecule has 1 aliphatic carbocycles. The van der Waals surface area contributed by atoms with E-state index in [0.717, 1.165) is 25.7 Å². The molecule has 2 N–H and O–H groups in total. The van der Waals surface area contributed by atoms with Crippen LogP contribution in [0.5, 0.6) is 0 Å². The zero-order valence-electron chi connectivity index (χ0n) is 9.56. The Morgan fingerprint density at radius 3 is 2.50 bits per heavy atom. The highest BCUT2D eigenvalue weighted by molar-refractivity contribution is 7.89. The molecule has 4 nitrogen and oxygen atoms in total. The molecule has 5 heteroatoms. The van der Waals surface area contributed by atoms with Crippen molar-refractivity contribution in [3.05, 3.63) is 12.7 Å². The fourth-order valence-electron chi connectivity index (χ4n) is 2.24. The Morgan fingerprint density at radius 1 is 1.31 bits per heavy atom. The van der Waals surface area contributed by atoms with Crippen molar-refractivity contribution >= 4 is 10.0 Å². The number of aliphatic hydroxyl groups excluding tert-OH is 1. The summed E-state index contributed by atoms with van der Waals surface area (Å²) in [5.74, 6) is 0.488. The van der Waals surface area contributed by atoms with Gasteiger partial charge in [-0.3, -0.25) is 0 Å². The van der Waals surface area contributed by atoms with Crippen LogP contribution in [-0.2, 0) is 10.0 Å². The quantitative estimate of drug-likeness (QED) is 0.685. The Kier molecular flexibility index (Phi) is 5.44.